The maximum absolute atomic E-state index is 13.9. The van der Waals surface area contributed by atoms with Gasteiger partial charge in [-0.3, -0.25) is 4.79 Å². The molecule has 0 radical (unpaired) electrons. The summed E-state index contributed by atoms with van der Waals surface area (Å²) < 4.78 is 52.7. The van der Waals surface area contributed by atoms with E-state index in [1.807, 2.05) is 13.8 Å². The largest absolute Gasteiger partial charge is 0.463 e. The molecule has 3 aliphatic rings. The van der Waals surface area contributed by atoms with Crippen LogP contribution >= 0.6 is 11.8 Å². The molecule has 6 rings (SSSR count). The summed E-state index contributed by atoms with van der Waals surface area (Å²) in [6, 6.07) is 3.74. The van der Waals surface area contributed by atoms with E-state index in [0.717, 1.165) is 30.2 Å². The van der Waals surface area contributed by atoms with Crippen molar-refractivity contribution in [3.05, 3.63) is 35.4 Å². The van der Waals surface area contributed by atoms with Crippen LogP contribution in [-0.2, 0) is 23.7 Å². The molecule has 3 fully saturated rings. The van der Waals surface area contributed by atoms with E-state index in [4.69, 9.17) is 28.9 Å². The molecule has 0 unspecified atom stereocenters. The highest BCUT2D eigenvalue weighted by Gasteiger charge is 2.56. The third kappa shape index (κ3) is 5.94. The van der Waals surface area contributed by atoms with Crippen molar-refractivity contribution in [3.63, 3.8) is 0 Å². The molecule has 1 N–H and O–H groups in total. The van der Waals surface area contributed by atoms with Crippen molar-refractivity contribution in [2.75, 3.05) is 24.3 Å². The number of benzene rings is 1. The molecule has 1 saturated heterocycles. The summed E-state index contributed by atoms with van der Waals surface area (Å²) in [6.07, 6.45) is 1.22. The zero-order chi connectivity index (χ0) is 29.6. The number of hydrogen-bond donors (Lipinski definition) is 1. The number of hydrogen-bond acceptors (Lipinski definition) is 11. The number of fused-ring (bicyclic) bond motifs is 2. The summed E-state index contributed by atoms with van der Waals surface area (Å²) in [4.78, 5) is 20.8. The third-order valence-electron chi connectivity index (χ3n) is 7.64. The first-order chi connectivity index (χ1) is 20.1. The molecule has 3 heterocycles. The quantitative estimate of drug-likeness (QED) is 0.145. The second kappa shape index (κ2) is 11.6. The van der Waals surface area contributed by atoms with Crippen LogP contribution in [0.15, 0.2) is 23.4 Å². The molecule has 0 bridgehead atoms. The minimum atomic E-state index is -0.859. The van der Waals surface area contributed by atoms with Gasteiger partial charge < -0.3 is 24.3 Å². The summed E-state index contributed by atoms with van der Waals surface area (Å²) >= 11 is 1.54. The van der Waals surface area contributed by atoms with Crippen LogP contribution in [0.25, 0.3) is 11.2 Å². The molecule has 11 nitrogen and oxygen atoms in total. The van der Waals surface area contributed by atoms with Gasteiger partial charge in [-0.25, -0.2) is 23.4 Å². The molecule has 226 valence electrons. The Morgan fingerprint density at radius 2 is 1.98 bits per heavy atom. The number of rotatable bonds is 11. The molecule has 42 heavy (non-hydrogen) atoms. The number of ether oxygens (including phenoxy) is 4. The highest BCUT2D eigenvalue weighted by atomic mass is 32.2. The lowest BCUT2D eigenvalue weighted by atomic mass is 10.1. The maximum Gasteiger partial charge on any atom is 0.302 e. The summed E-state index contributed by atoms with van der Waals surface area (Å²) in [7, 11) is 0. The Labute approximate surface area is 246 Å². The first-order valence-corrected chi connectivity index (χ1v) is 15.2. The van der Waals surface area contributed by atoms with Crippen LogP contribution in [-0.4, -0.2) is 80.0 Å². The number of carbonyl (C=O) groups excluding carboxylic acids is 1. The second-order valence-electron chi connectivity index (χ2n) is 11.3. The number of nitrogens with one attached hydrogen (secondary N) is 1. The zero-order valence-corrected chi connectivity index (χ0v) is 24.7. The van der Waals surface area contributed by atoms with Crippen molar-refractivity contribution in [2.45, 2.75) is 94.2 Å². The minimum Gasteiger partial charge on any atom is -0.463 e. The number of nitrogens with zero attached hydrogens (tertiary/aromatic N) is 5. The van der Waals surface area contributed by atoms with Crippen molar-refractivity contribution < 1.29 is 32.5 Å². The van der Waals surface area contributed by atoms with Crippen LogP contribution in [0.4, 0.5) is 14.6 Å². The molecule has 2 aromatic heterocycles. The number of aromatic nitrogens is 5. The number of esters is 1. The lowest BCUT2D eigenvalue weighted by molar-refractivity contribution is -0.171. The average molecular weight is 605 g/mol. The normalized spacial score (nSPS) is 27.8. The van der Waals surface area contributed by atoms with Gasteiger partial charge in [0.2, 0.25) is 0 Å². The van der Waals surface area contributed by atoms with Gasteiger partial charge in [-0.1, -0.05) is 30.0 Å². The predicted octanol–water partition coefficient (Wildman–Crippen LogP) is 4.38. The molecule has 2 saturated carbocycles. The smallest absolute Gasteiger partial charge is 0.302 e. The lowest BCUT2D eigenvalue weighted by Crippen LogP contribution is -2.31. The first-order valence-electron chi connectivity index (χ1n) is 14.2. The van der Waals surface area contributed by atoms with E-state index in [1.165, 1.54) is 13.0 Å². The molecule has 0 spiro atoms. The van der Waals surface area contributed by atoms with Gasteiger partial charge >= 0.3 is 5.97 Å². The van der Waals surface area contributed by atoms with Gasteiger partial charge in [0.05, 0.1) is 18.8 Å². The van der Waals surface area contributed by atoms with Gasteiger partial charge in [0.15, 0.2) is 39.6 Å². The topological polar surface area (TPSA) is 123 Å². The summed E-state index contributed by atoms with van der Waals surface area (Å²) in [5.41, 5.74) is 1.81. The Morgan fingerprint density at radius 1 is 1.17 bits per heavy atom. The van der Waals surface area contributed by atoms with Crippen LogP contribution in [0.1, 0.15) is 64.5 Å². The Balaban J connectivity index is 1.27. The number of thioether (sulfide) groups is 1. The van der Waals surface area contributed by atoms with Crippen LogP contribution in [0.3, 0.4) is 0 Å². The first kappa shape index (κ1) is 29.1. The molecular weight excluding hydrogens is 570 g/mol. The molecule has 1 aliphatic heterocycles. The Hall–Kier alpha value is -2.94. The Morgan fingerprint density at radius 3 is 2.74 bits per heavy atom. The molecular formula is C28H34F2N6O5S. The molecule has 6 atom stereocenters. The monoisotopic (exact) mass is 604 g/mol. The van der Waals surface area contributed by atoms with Crippen LogP contribution in [0, 0.1) is 11.6 Å². The van der Waals surface area contributed by atoms with Gasteiger partial charge in [-0.05, 0) is 44.4 Å². The van der Waals surface area contributed by atoms with E-state index in [9.17, 15) is 13.6 Å². The van der Waals surface area contributed by atoms with E-state index in [0.29, 0.717) is 28.6 Å². The van der Waals surface area contributed by atoms with Crippen molar-refractivity contribution >= 4 is 34.7 Å². The van der Waals surface area contributed by atoms with E-state index in [1.54, 1.807) is 22.5 Å². The fourth-order valence-corrected chi connectivity index (χ4v) is 6.42. The summed E-state index contributed by atoms with van der Waals surface area (Å²) in [6.45, 7) is 7.56. The van der Waals surface area contributed by atoms with E-state index >= 15 is 0 Å². The van der Waals surface area contributed by atoms with Crippen LogP contribution in [0.2, 0.25) is 0 Å². The van der Waals surface area contributed by atoms with Gasteiger partial charge in [-0.2, -0.15) is 0 Å². The van der Waals surface area contributed by atoms with Crippen LogP contribution in [0.5, 0.6) is 0 Å². The Kier molecular flexibility index (Phi) is 8.07. The van der Waals surface area contributed by atoms with Gasteiger partial charge in [0.1, 0.15) is 18.8 Å². The number of halogens is 2. The standard InChI is InChI=1S/C28H34F2N6O5S/c1-5-10-42-27-32-25(31-19-12-16(19)15-6-7-17(29)18(30)11-15)22-26(33-27)36(35-34-22)20-13-21(39-9-8-38-14(2)37)24-23(20)40-28(3,4)41-24/h6-7,11,16,19-21,23-24H,5,8-10,12-13H2,1-4H3,(H,31,32,33)/t16-,19-,20-,21+,23+,24-/m1/s1. The van der Waals surface area contributed by atoms with E-state index < -0.39 is 17.4 Å². The van der Waals surface area contributed by atoms with Crippen molar-refractivity contribution in [2.24, 2.45) is 0 Å². The Bertz CT molecular complexity index is 1470. The van der Waals surface area contributed by atoms with Crippen molar-refractivity contribution in [3.8, 4) is 0 Å². The van der Waals surface area contributed by atoms with Crippen LogP contribution < -0.4 is 5.32 Å². The molecule has 1 aromatic carbocycles. The highest BCUT2D eigenvalue weighted by Crippen LogP contribution is 2.47. The van der Waals surface area contributed by atoms with Crippen molar-refractivity contribution in [1.29, 1.82) is 0 Å². The SMILES string of the molecule is CCCSc1nc(N[C@@H]2C[C@@H]2c2ccc(F)c(F)c2)c2nnn([C@@H]3C[C@H](OCCOC(C)=O)[C@H]4OC(C)(C)O[C@H]43)c2n1. The molecule has 3 aromatic rings. The second-order valence-corrected chi connectivity index (χ2v) is 12.4. The van der Waals surface area contributed by atoms with Gasteiger partial charge in [-0.15, -0.1) is 5.10 Å². The van der Waals surface area contributed by atoms with E-state index in [-0.39, 0.29) is 55.5 Å². The van der Waals surface area contributed by atoms with E-state index in [2.05, 4.69) is 22.6 Å². The average Bonchev–Trinajstić information content (AvgIpc) is 3.28. The molecule has 0 amide bonds. The lowest BCUT2D eigenvalue weighted by Gasteiger charge is -2.23. The minimum absolute atomic E-state index is 0.0136. The fourth-order valence-electron chi connectivity index (χ4n) is 5.73. The summed E-state index contributed by atoms with van der Waals surface area (Å²) in [5, 5.41) is 13.0. The maximum atomic E-state index is 13.9. The predicted molar refractivity (Wildman–Crippen MR) is 149 cm³/mol. The molecule has 14 heteroatoms. The number of carbonyl (C=O) groups is 1. The summed E-state index contributed by atoms with van der Waals surface area (Å²) in [5.74, 6) is -1.47. The number of anilines is 1. The van der Waals surface area contributed by atoms with Crippen molar-refractivity contribution in [1.82, 2.24) is 25.0 Å². The highest BCUT2D eigenvalue weighted by molar-refractivity contribution is 7.99. The third-order valence-corrected chi connectivity index (χ3v) is 8.69. The zero-order valence-electron chi connectivity index (χ0n) is 23.9. The van der Waals surface area contributed by atoms with Gasteiger partial charge in [0, 0.05) is 31.1 Å². The molecule has 2 aliphatic carbocycles. The van der Waals surface area contributed by atoms with Gasteiger partial charge in [0.25, 0.3) is 0 Å². The fraction of sp³-hybridized carbons (Fsp3) is 0.607.